The number of rotatable bonds is 8. The highest BCUT2D eigenvalue weighted by Crippen LogP contribution is 2.29. The summed E-state index contributed by atoms with van der Waals surface area (Å²) in [5.74, 6) is -0.370. The molecular formula is C19H27N3O6. The summed E-state index contributed by atoms with van der Waals surface area (Å²) in [6, 6.07) is 3.75. The fourth-order valence-electron chi connectivity index (χ4n) is 3.40. The van der Waals surface area contributed by atoms with E-state index in [1.165, 1.54) is 12.1 Å². The zero-order chi connectivity index (χ0) is 20.7. The van der Waals surface area contributed by atoms with Gasteiger partial charge in [0.25, 0.3) is 11.6 Å². The predicted molar refractivity (Wildman–Crippen MR) is 103 cm³/mol. The standard InChI is InChI=1S/C19H27N3O6/c1-12-4-3-5-16(13(12)2)21-18(24)11-28-19(25)15-10-14(22(26)27)6-7-17(15)20-8-9-23/h6-7,10,12-13,16,20,23H,3-5,8-9,11H2,1-2H3,(H,21,24)/t12-,13-,16-/m1/s1. The Morgan fingerprint density at radius 3 is 2.75 bits per heavy atom. The summed E-state index contributed by atoms with van der Waals surface area (Å²) in [7, 11) is 0. The summed E-state index contributed by atoms with van der Waals surface area (Å²) >= 11 is 0. The highest BCUT2D eigenvalue weighted by molar-refractivity contribution is 5.97. The van der Waals surface area contributed by atoms with Crippen molar-refractivity contribution in [3.63, 3.8) is 0 Å². The molecule has 1 aliphatic rings. The van der Waals surface area contributed by atoms with Crippen LogP contribution in [0.15, 0.2) is 18.2 Å². The molecule has 0 bridgehead atoms. The number of nitrogens with zero attached hydrogens (tertiary/aromatic N) is 1. The van der Waals surface area contributed by atoms with E-state index in [4.69, 9.17) is 9.84 Å². The summed E-state index contributed by atoms with van der Waals surface area (Å²) in [4.78, 5) is 34.9. The van der Waals surface area contributed by atoms with Crippen LogP contribution in [0.2, 0.25) is 0 Å². The smallest absolute Gasteiger partial charge is 0.341 e. The lowest BCUT2D eigenvalue weighted by Crippen LogP contribution is -2.45. The maximum atomic E-state index is 12.4. The lowest BCUT2D eigenvalue weighted by atomic mass is 9.78. The van der Waals surface area contributed by atoms with Crippen molar-refractivity contribution in [3.05, 3.63) is 33.9 Å². The van der Waals surface area contributed by atoms with E-state index in [1.807, 2.05) is 0 Å². The van der Waals surface area contributed by atoms with Gasteiger partial charge in [0.2, 0.25) is 0 Å². The summed E-state index contributed by atoms with van der Waals surface area (Å²) in [6.45, 7) is 3.79. The molecule has 1 amide bonds. The van der Waals surface area contributed by atoms with E-state index < -0.39 is 23.4 Å². The Labute approximate surface area is 163 Å². The molecule has 0 aliphatic heterocycles. The Morgan fingerprint density at radius 2 is 2.07 bits per heavy atom. The van der Waals surface area contributed by atoms with Crippen LogP contribution >= 0.6 is 0 Å². The molecule has 1 saturated carbocycles. The molecule has 1 aromatic rings. The van der Waals surface area contributed by atoms with Crippen molar-refractivity contribution in [2.75, 3.05) is 25.1 Å². The number of nitrogens with one attached hydrogen (secondary N) is 2. The molecule has 3 N–H and O–H groups in total. The van der Waals surface area contributed by atoms with Crippen molar-refractivity contribution >= 4 is 23.3 Å². The molecule has 28 heavy (non-hydrogen) atoms. The number of non-ortho nitro benzene ring substituents is 1. The first-order valence-corrected chi connectivity index (χ1v) is 9.43. The Bertz CT molecular complexity index is 724. The molecule has 0 spiro atoms. The van der Waals surface area contributed by atoms with Crippen molar-refractivity contribution in [3.8, 4) is 0 Å². The van der Waals surface area contributed by atoms with Crippen LogP contribution in [-0.2, 0) is 9.53 Å². The van der Waals surface area contributed by atoms with Gasteiger partial charge in [0.15, 0.2) is 6.61 Å². The van der Waals surface area contributed by atoms with Crippen molar-refractivity contribution in [2.24, 2.45) is 11.8 Å². The van der Waals surface area contributed by atoms with Gasteiger partial charge in [0.1, 0.15) is 0 Å². The van der Waals surface area contributed by atoms with Crippen molar-refractivity contribution in [1.29, 1.82) is 0 Å². The average molecular weight is 393 g/mol. The van der Waals surface area contributed by atoms with Gasteiger partial charge in [-0.1, -0.05) is 26.7 Å². The first kappa shape index (κ1) is 21.6. The fraction of sp³-hybridized carbons (Fsp3) is 0.579. The molecule has 0 heterocycles. The van der Waals surface area contributed by atoms with E-state index in [1.54, 1.807) is 0 Å². The molecule has 154 valence electrons. The van der Waals surface area contributed by atoms with Crippen LogP contribution in [0.5, 0.6) is 0 Å². The SMILES string of the molecule is C[C@@H]1[C@H](C)CCC[C@H]1NC(=O)COC(=O)c1cc([N+](=O)[O-])ccc1NCCO. The van der Waals surface area contributed by atoms with Gasteiger partial charge in [-0.2, -0.15) is 0 Å². The van der Waals surface area contributed by atoms with Gasteiger partial charge >= 0.3 is 5.97 Å². The summed E-state index contributed by atoms with van der Waals surface area (Å²) < 4.78 is 5.07. The number of aliphatic hydroxyl groups excluding tert-OH is 1. The number of aliphatic hydroxyl groups is 1. The van der Waals surface area contributed by atoms with E-state index in [9.17, 15) is 19.7 Å². The number of anilines is 1. The van der Waals surface area contributed by atoms with Gasteiger partial charge in [-0.25, -0.2) is 4.79 Å². The van der Waals surface area contributed by atoms with Crippen LogP contribution in [0.25, 0.3) is 0 Å². The first-order valence-electron chi connectivity index (χ1n) is 9.43. The third-order valence-electron chi connectivity index (χ3n) is 5.25. The molecular weight excluding hydrogens is 366 g/mol. The van der Waals surface area contributed by atoms with E-state index in [0.717, 1.165) is 25.3 Å². The largest absolute Gasteiger partial charge is 0.452 e. The zero-order valence-electron chi connectivity index (χ0n) is 16.1. The third-order valence-corrected chi connectivity index (χ3v) is 5.25. The number of ether oxygens (including phenoxy) is 1. The monoisotopic (exact) mass is 393 g/mol. The lowest BCUT2D eigenvalue weighted by molar-refractivity contribution is -0.384. The number of nitro groups is 1. The van der Waals surface area contributed by atoms with E-state index in [2.05, 4.69) is 24.5 Å². The van der Waals surface area contributed by atoms with Crippen LogP contribution in [0.4, 0.5) is 11.4 Å². The van der Waals surface area contributed by atoms with Gasteiger partial charge < -0.3 is 20.5 Å². The molecule has 9 nitrogen and oxygen atoms in total. The molecule has 1 aromatic carbocycles. The molecule has 1 fully saturated rings. The third kappa shape index (κ3) is 5.66. The molecule has 0 saturated heterocycles. The van der Waals surface area contributed by atoms with Crippen LogP contribution < -0.4 is 10.6 Å². The van der Waals surface area contributed by atoms with Crippen LogP contribution in [0.3, 0.4) is 0 Å². The minimum Gasteiger partial charge on any atom is -0.452 e. The Morgan fingerprint density at radius 1 is 1.32 bits per heavy atom. The topological polar surface area (TPSA) is 131 Å². The Hall–Kier alpha value is -2.68. The van der Waals surface area contributed by atoms with Crippen molar-refractivity contribution < 1.29 is 24.4 Å². The molecule has 0 aromatic heterocycles. The van der Waals surface area contributed by atoms with Gasteiger partial charge in [-0.05, 0) is 24.3 Å². The Kier molecular flexibility index (Phi) is 7.74. The quantitative estimate of drug-likeness (QED) is 0.350. The number of amides is 1. The number of benzene rings is 1. The Balaban J connectivity index is 2.00. The van der Waals surface area contributed by atoms with Crippen LogP contribution in [0, 0.1) is 22.0 Å². The average Bonchev–Trinajstić information content (AvgIpc) is 2.67. The van der Waals surface area contributed by atoms with Crippen LogP contribution in [-0.4, -0.2) is 47.7 Å². The number of nitro benzene ring substituents is 1. The van der Waals surface area contributed by atoms with Gasteiger partial charge in [-0.15, -0.1) is 0 Å². The molecule has 9 heteroatoms. The number of carbonyl (C=O) groups excluding carboxylic acids is 2. The minimum atomic E-state index is -0.843. The maximum Gasteiger partial charge on any atom is 0.341 e. The summed E-state index contributed by atoms with van der Waals surface area (Å²) in [5.41, 5.74) is -0.0362. The van der Waals surface area contributed by atoms with Gasteiger partial charge in [0.05, 0.1) is 17.1 Å². The highest BCUT2D eigenvalue weighted by atomic mass is 16.6. The highest BCUT2D eigenvalue weighted by Gasteiger charge is 2.28. The zero-order valence-corrected chi connectivity index (χ0v) is 16.1. The number of carbonyl (C=O) groups is 2. The van der Waals surface area contributed by atoms with Crippen LogP contribution in [0.1, 0.15) is 43.5 Å². The second kappa shape index (κ2) is 10.0. The molecule has 2 rings (SSSR count). The van der Waals surface area contributed by atoms with E-state index >= 15 is 0 Å². The molecule has 0 unspecified atom stereocenters. The van der Waals surface area contributed by atoms with Crippen molar-refractivity contribution in [2.45, 2.75) is 39.2 Å². The van der Waals surface area contributed by atoms with Gasteiger partial charge in [0, 0.05) is 30.4 Å². The lowest BCUT2D eigenvalue weighted by Gasteiger charge is -2.34. The second-order valence-corrected chi connectivity index (χ2v) is 7.15. The molecule has 0 radical (unpaired) electrons. The van der Waals surface area contributed by atoms with Crippen molar-refractivity contribution in [1.82, 2.24) is 5.32 Å². The molecule has 3 atom stereocenters. The second-order valence-electron chi connectivity index (χ2n) is 7.15. The summed E-state index contributed by atoms with van der Waals surface area (Å²) in [5, 5.41) is 25.6. The predicted octanol–water partition coefficient (Wildman–Crippen LogP) is 2.10. The number of hydrogen-bond donors (Lipinski definition) is 3. The molecule has 1 aliphatic carbocycles. The first-order chi connectivity index (χ1) is 13.3. The summed E-state index contributed by atoms with van der Waals surface area (Å²) in [6.07, 6.45) is 3.08. The van der Waals surface area contributed by atoms with E-state index in [0.29, 0.717) is 17.5 Å². The minimum absolute atomic E-state index is 0.0505. The number of esters is 1. The fourth-order valence-corrected chi connectivity index (χ4v) is 3.40. The number of hydrogen-bond acceptors (Lipinski definition) is 7. The maximum absolute atomic E-state index is 12.4. The normalized spacial score (nSPS) is 21.6. The van der Waals surface area contributed by atoms with Gasteiger partial charge in [-0.3, -0.25) is 14.9 Å². The van der Waals surface area contributed by atoms with E-state index in [-0.39, 0.29) is 30.4 Å².